The topological polar surface area (TPSA) is 77.8 Å². The molecule has 2 aliphatic rings. The van der Waals surface area contributed by atoms with Gasteiger partial charge in [-0.1, -0.05) is 0 Å². The number of hydrogen-bond acceptors (Lipinski definition) is 3. The van der Waals surface area contributed by atoms with Crippen molar-refractivity contribution in [3.8, 4) is 0 Å². The van der Waals surface area contributed by atoms with Crippen molar-refractivity contribution in [2.24, 2.45) is 11.3 Å². The Hall–Kier alpha value is -1.10. The first-order valence-electron chi connectivity index (χ1n) is 5.11. The predicted octanol–water partition coefficient (Wildman–Crippen LogP) is 0.256. The summed E-state index contributed by atoms with van der Waals surface area (Å²) in [5, 5.41) is 18.1. The van der Waals surface area contributed by atoms with Gasteiger partial charge >= 0.3 is 11.9 Å². The summed E-state index contributed by atoms with van der Waals surface area (Å²) < 4.78 is 0. The minimum absolute atomic E-state index is 0.101. The Balaban J connectivity index is 2.21. The van der Waals surface area contributed by atoms with E-state index in [1.54, 1.807) is 11.9 Å². The van der Waals surface area contributed by atoms with Crippen molar-refractivity contribution in [2.75, 3.05) is 13.6 Å². The van der Waals surface area contributed by atoms with Gasteiger partial charge in [0.25, 0.3) is 0 Å². The fourth-order valence-corrected chi connectivity index (χ4v) is 2.70. The van der Waals surface area contributed by atoms with E-state index in [0.717, 1.165) is 12.8 Å². The number of nitrogens with zero attached hydrogens (tertiary/aromatic N) is 1. The number of likely N-dealkylation sites (tertiary alicyclic amines) is 1. The van der Waals surface area contributed by atoms with Gasteiger partial charge in [0.1, 0.15) is 6.04 Å². The second kappa shape index (κ2) is 3.20. The van der Waals surface area contributed by atoms with E-state index in [2.05, 4.69) is 0 Å². The number of hydrogen-bond donors (Lipinski definition) is 2. The molecule has 2 N–H and O–H groups in total. The average Bonchev–Trinajstić information content (AvgIpc) is 2.82. The number of carboxylic acids is 2. The fraction of sp³-hybridized carbons (Fsp3) is 0.800. The molecule has 5 nitrogen and oxygen atoms in total. The van der Waals surface area contributed by atoms with Crippen molar-refractivity contribution in [3.05, 3.63) is 0 Å². The summed E-state index contributed by atoms with van der Waals surface area (Å²) in [6.07, 6.45) is 2.59. The van der Waals surface area contributed by atoms with Gasteiger partial charge in [0.15, 0.2) is 0 Å². The average molecular weight is 213 g/mol. The number of carbonyl (C=O) groups is 2. The highest BCUT2D eigenvalue weighted by molar-refractivity contribution is 5.83. The van der Waals surface area contributed by atoms with Crippen molar-refractivity contribution in [3.63, 3.8) is 0 Å². The van der Waals surface area contributed by atoms with E-state index < -0.39 is 23.9 Å². The van der Waals surface area contributed by atoms with Crippen molar-refractivity contribution in [1.29, 1.82) is 0 Å². The van der Waals surface area contributed by atoms with Crippen LogP contribution in [0.1, 0.15) is 19.3 Å². The largest absolute Gasteiger partial charge is 0.481 e. The fourth-order valence-electron chi connectivity index (χ4n) is 2.70. The lowest BCUT2D eigenvalue weighted by molar-refractivity contribution is -0.159. The summed E-state index contributed by atoms with van der Waals surface area (Å²) in [6.45, 7) is 0.716. The minimum atomic E-state index is -1.03. The van der Waals surface area contributed by atoms with E-state index in [4.69, 9.17) is 10.2 Å². The summed E-state index contributed by atoms with van der Waals surface area (Å²) >= 11 is 0. The van der Waals surface area contributed by atoms with E-state index in [-0.39, 0.29) is 5.41 Å². The van der Waals surface area contributed by atoms with Gasteiger partial charge in [-0.15, -0.1) is 0 Å². The van der Waals surface area contributed by atoms with Crippen molar-refractivity contribution >= 4 is 11.9 Å². The first-order chi connectivity index (χ1) is 6.95. The molecule has 2 rings (SSSR count). The van der Waals surface area contributed by atoms with Crippen molar-refractivity contribution in [2.45, 2.75) is 25.3 Å². The van der Waals surface area contributed by atoms with Gasteiger partial charge in [0.05, 0.1) is 5.92 Å². The summed E-state index contributed by atoms with van der Waals surface area (Å²) in [7, 11) is 1.70. The molecular weight excluding hydrogens is 198 g/mol. The van der Waals surface area contributed by atoms with Crippen LogP contribution in [-0.2, 0) is 9.59 Å². The van der Waals surface area contributed by atoms with Gasteiger partial charge in [-0.05, 0) is 31.7 Å². The standard InChI is InChI=1S/C10H15NO4/c1-11-5-10(2-3-10)4-6(8(12)13)7(11)9(14)15/h6-7H,2-5H2,1H3,(H,12,13)(H,14,15). The number of carboxylic acid groups (broad SMARTS) is 2. The van der Waals surface area contributed by atoms with Crippen LogP contribution in [0, 0.1) is 11.3 Å². The summed E-state index contributed by atoms with van der Waals surface area (Å²) in [5.41, 5.74) is 0.101. The van der Waals surface area contributed by atoms with E-state index in [9.17, 15) is 9.59 Å². The lowest BCUT2D eigenvalue weighted by atomic mass is 9.81. The summed E-state index contributed by atoms with van der Waals surface area (Å²) in [4.78, 5) is 23.7. The molecular formula is C10H15NO4. The number of piperidine rings is 1. The van der Waals surface area contributed by atoms with E-state index >= 15 is 0 Å². The highest BCUT2D eigenvalue weighted by Crippen LogP contribution is 2.54. The quantitative estimate of drug-likeness (QED) is 0.687. The molecule has 1 aliphatic carbocycles. The maximum Gasteiger partial charge on any atom is 0.321 e. The lowest BCUT2D eigenvalue weighted by Gasteiger charge is -2.39. The maximum absolute atomic E-state index is 11.0. The van der Waals surface area contributed by atoms with Crippen molar-refractivity contribution in [1.82, 2.24) is 4.90 Å². The van der Waals surface area contributed by atoms with Crippen LogP contribution in [0.2, 0.25) is 0 Å². The van der Waals surface area contributed by atoms with Gasteiger partial charge < -0.3 is 10.2 Å². The first-order valence-corrected chi connectivity index (χ1v) is 5.11. The van der Waals surface area contributed by atoms with Crippen LogP contribution >= 0.6 is 0 Å². The molecule has 2 unspecified atom stereocenters. The third kappa shape index (κ3) is 1.71. The van der Waals surface area contributed by atoms with Crippen molar-refractivity contribution < 1.29 is 19.8 Å². The predicted molar refractivity (Wildman–Crippen MR) is 51.5 cm³/mol. The molecule has 5 heteroatoms. The molecule has 84 valence electrons. The Morgan fingerprint density at radius 3 is 2.27 bits per heavy atom. The molecule has 15 heavy (non-hydrogen) atoms. The zero-order chi connectivity index (χ0) is 11.2. The van der Waals surface area contributed by atoms with Gasteiger partial charge in [-0.3, -0.25) is 14.5 Å². The van der Waals surface area contributed by atoms with Crippen LogP contribution in [0.3, 0.4) is 0 Å². The molecule has 1 saturated heterocycles. The molecule has 0 amide bonds. The summed E-state index contributed by atoms with van der Waals surface area (Å²) in [5.74, 6) is -2.77. The number of rotatable bonds is 2. The van der Waals surface area contributed by atoms with Crippen LogP contribution in [-0.4, -0.2) is 46.7 Å². The zero-order valence-electron chi connectivity index (χ0n) is 8.64. The summed E-state index contributed by atoms with van der Waals surface area (Å²) in [6, 6.07) is -0.867. The molecule has 2 fully saturated rings. The van der Waals surface area contributed by atoms with Crippen LogP contribution < -0.4 is 0 Å². The minimum Gasteiger partial charge on any atom is -0.481 e. The van der Waals surface area contributed by atoms with Gasteiger partial charge in [0, 0.05) is 6.54 Å². The Kier molecular flexibility index (Phi) is 2.22. The molecule has 0 aromatic carbocycles. The van der Waals surface area contributed by atoms with Crippen LogP contribution in [0.4, 0.5) is 0 Å². The SMILES string of the molecule is CN1CC2(CC2)CC(C(=O)O)C1C(=O)O. The van der Waals surface area contributed by atoms with E-state index in [0.29, 0.717) is 13.0 Å². The normalized spacial score (nSPS) is 33.9. The monoisotopic (exact) mass is 213 g/mol. The molecule has 0 aromatic heterocycles. The first kappa shape index (κ1) is 10.4. The second-order valence-corrected chi connectivity index (χ2v) is 4.85. The second-order valence-electron chi connectivity index (χ2n) is 4.85. The van der Waals surface area contributed by atoms with E-state index in [1.165, 1.54) is 0 Å². The third-order valence-corrected chi connectivity index (χ3v) is 3.62. The van der Waals surface area contributed by atoms with Gasteiger partial charge in [-0.2, -0.15) is 0 Å². The highest BCUT2D eigenvalue weighted by Gasteiger charge is 2.54. The third-order valence-electron chi connectivity index (χ3n) is 3.62. The number of aliphatic carboxylic acids is 2. The molecule has 0 aromatic rings. The smallest absolute Gasteiger partial charge is 0.321 e. The molecule has 1 saturated carbocycles. The van der Waals surface area contributed by atoms with Crippen LogP contribution in [0.25, 0.3) is 0 Å². The Morgan fingerprint density at radius 2 is 1.87 bits per heavy atom. The molecule has 0 radical (unpaired) electrons. The van der Waals surface area contributed by atoms with E-state index in [1.807, 2.05) is 0 Å². The Morgan fingerprint density at radius 1 is 1.27 bits per heavy atom. The molecule has 1 heterocycles. The molecule has 0 bridgehead atoms. The number of likely N-dealkylation sites (N-methyl/N-ethyl adjacent to an activating group) is 1. The Bertz CT molecular complexity index is 311. The van der Waals surface area contributed by atoms with Crippen LogP contribution in [0.5, 0.6) is 0 Å². The molecule has 1 aliphatic heterocycles. The van der Waals surface area contributed by atoms with Gasteiger partial charge in [0.2, 0.25) is 0 Å². The lowest BCUT2D eigenvalue weighted by Crippen LogP contribution is -2.53. The molecule has 2 atom stereocenters. The highest BCUT2D eigenvalue weighted by atomic mass is 16.4. The maximum atomic E-state index is 11.0. The van der Waals surface area contributed by atoms with Gasteiger partial charge in [-0.25, -0.2) is 0 Å². The van der Waals surface area contributed by atoms with Crippen LogP contribution in [0.15, 0.2) is 0 Å². The Labute approximate surface area is 87.7 Å². The molecule has 1 spiro atoms. The zero-order valence-corrected chi connectivity index (χ0v) is 8.64.